The minimum absolute atomic E-state index is 0.0131. The van der Waals surface area contributed by atoms with Crippen LogP contribution in [0.2, 0.25) is 0 Å². The van der Waals surface area contributed by atoms with Crippen molar-refractivity contribution in [2.45, 2.75) is 27.2 Å². The van der Waals surface area contributed by atoms with Crippen molar-refractivity contribution in [3.63, 3.8) is 0 Å². The quantitative estimate of drug-likeness (QED) is 0.638. The van der Waals surface area contributed by atoms with Crippen LogP contribution in [0.25, 0.3) is 10.8 Å². The maximum atomic E-state index is 14.4. The Labute approximate surface area is 132 Å². The highest BCUT2D eigenvalue weighted by atomic mass is 19.1. The Morgan fingerprint density at radius 2 is 1.65 bits per heavy atom. The van der Waals surface area contributed by atoms with Gasteiger partial charge in [-0.05, 0) is 12.5 Å². The number of hydrogen-bond acceptors (Lipinski definition) is 5. The van der Waals surface area contributed by atoms with E-state index in [-0.39, 0.29) is 22.6 Å². The van der Waals surface area contributed by atoms with Gasteiger partial charge in [0.15, 0.2) is 11.5 Å². The highest BCUT2D eigenvalue weighted by molar-refractivity contribution is 6.00. The topological polar surface area (TPSA) is 61.8 Å². The second-order valence-electron chi connectivity index (χ2n) is 4.87. The van der Waals surface area contributed by atoms with Crippen molar-refractivity contribution in [3.8, 4) is 17.2 Å². The molecule has 0 radical (unpaired) electrons. The predicted molar refractivity (Wildman–Crippen MR) is 82.5 cm³/mol. The van der Waals surface area contributed by atoms with Gasteiger partial charge in [0, 0.05) is 24.8 Å². The van der Waals surface area contributed by atoms with Crippen LogP contribution in [0.4, 0.5) is 4.39 Å². The summed E-state index contributed by atoms with van der Waals surface area (Å²) >= 11 is 0. The first-order chi connectivity index (χ1) is 10.9. The average Bonchev–Trinajstić information content (AvgIpc) is 2.48. The van der Waals surface area contributed by atoms with Gasteiger partial charge in [0.05, 0.1) is 12.5 Å². The van der Waals surface area contributed by atoms with Crippen LogP contribution in [0.5, 0.6) is 17.2 Å². The maximum absolute atomic E-state index is 14.4. The molecule has 2 aromatic carbocycles. The minimum Gasteiger partial charge on any atom is -0.492 e. The summed E-state index contributed by atoms with van der Waals surface area (Å²) in [5, 5.41) is 0.377. The summed E-state index contributed by atoms with van der Waals surface area (Å²) in [4.78, 5) is 22.8. The fourth-order valence-corrected chi connectivity index (χ4v) is 2.50. The summed E-state index contributed by atoms with van der Waals surface area (Å²) in [6, 6.07) is 4.33. The van der Waals surface area contributed by atoms with Crippen LogP contribution in [0, 0.1) is 5.82 Å². The smallest absolute Gasteiger partial charge is 0.308 e. The van der Waals surface area contributed by atoms with E-state index in [1.54, 1.807) is 6.07 Å². The Hall–Kier alpha value is -2.63. The lowest BCUT2D eigenvalue weighted by Crippen LogP contribution is -2.10. The summed E-state index contributed by atoms with van der Waals surface area (Å²) in [5.74, 6) is -1.37. The van der Waals surface area contributed by atoms with E-state index in [9.17, 15) is 14.0 Å². The first-order valence-electron chi connectivity index (χ1n) is 7.08. The van der Waals surface area contributed by atoms with Crippen molar-refractivity contribution in [2.75, 3.05) is 7.11 Å². The summed E-state index contributed by atoms with van der Waals surface area (Å²) in [6.07, 6.45) is 0.437. The van der Waals surface area contributed by atoms with Crippen molar-refractivity contribution in [1.82, 2.24) is 0 Å². The monoisotopic (exact) mass is 320 g/mol. The number of ether oxygens (including phenoxy) is 3. The number of rotatable bonds is 4. The second kappa shape index (κ2) is 6.64. The molecule has 0 aromatic heterocycles. The second-order valence-corrected chi connectivity index (χ2v) is 4.87. The van der Waals surface area contributed by atoms with Gasteiger partial charge in [-0.3, -0.25) is 9.59 Å². The van der Waals surface area contributed by atoms with Crippen molar-refractivity contribution in [2.24, 2.45) is 0 Å². The first kappa shape index (κ1) is 16.7. The van der Waals surface area contributed by atoms with E-state index >= 15 is 0 Å². The van der Waals surface area contributed by atoms with Crippen molar-refractivity contribution >= 4 is 22.7 Å². The fourth-order valence-electron chi connectivity index (χ4n) is 2.50. The van der Waals surface area contributed by atoms with Crippen molar-refractivity contribution in [3.05, 3.63) is 29.6 Å². The zero-order chi connectivity index (χ0) is 17.1. The Bertz CT molecular complexity index is 782. The lowest BCUT2D eigenvalue weighted by atomic mass is 10.0. The third kappa shape index (κ3) is 3.11. The molecule has 0 amide bonds. The van der Waals surface area contributed by atoms with Crippen molar-refractivity contribution in [1.29, 1.82) is 0 Å². The molecule has 0 unspecified atom stereocenters. The standard InChI is InChI=1S/C17H17FO5/c1-5-11-15(22-9(2)19)12-7-6-8-13(18)14(12)17(16(11)21-4)23-10(3)20/h6-8H,5H2,1-4H3. The minimum atomic E-state index is -0.604. The van der Waals surface area contributed by atoms with E-state index in [2.05, 4.69) is 0 Å². The van der Waals surface area contributed by atoms with E-state index in [4.69, 9.17) is 14.2 Å². The van der Waals surface area contributed by atoms with E-state index in [1.807, 2.05) is 6.92 Å². The molecule has 0 aliphatic rings. The van der Waals surface area contributed by atoms with Crippen LogP contribution in [0.15, 0.2) is 18.2 Å². The van der Waals surface area contributed by atoms with Crippen LogP contribution in [0.3, 0.4) is 0 Å². The maximum Gasteiger partial charge on any atom is 0.308 e. The molecule has 2 aromatic rings. The molecule has 23 heavy (non-hydrogen) atoms. The summed E-state index contributed by atoms with van der Waals surface area (Å²) < 4.78 is 30.2. The van der Waals surface area contributed by atoms with Gasteiger partial charge < -0.3 is 14.2 Å². The van der Waals surface area contributed by atoms with Crippen LogP contribution in [-0.4, -0.2) is 19.0 Å². The highest BCUT2D eigenvalue weighted by Gasteiger charge is 2.25. The normalized spacial score (nSPS) is 10.5. The Morgan fingerprint density at radius 3 is 2.17 bits per heavy atom. The fraction of sp³-hybridized carbons (Fsp3) is 0.294. The van der Waals surface area contributed by atoms with Gasteiger partial charge in [0.25, 0.3) is 0 Å². The molecule has 0 N–H and O–H groups in total. The molecule has 0 spiro atoms. The average molecular weight is 320 g/mol. The summed E-state index contributed by atoms with van der Waals surface area (Å²) in [7, 11) is 1.38. The molecule has 0 heterocycles. The van der Waals surface area contributed by atoms with Gasteiger partial charge in [-0.1, -0.05) is 19.1 Å². The van der Waals surface area contributed by atoms with Crippen LogP contribution < -0.4 is 14.2 Å². The first-order valence-corrected chi connectivity index (χ1v) is 7.08. The van der Waals surface area contributed by atoms with E-state index in [0.29, 0.717) is 17.4 Å². The van der Waals surface area contributed by atoms with Gasteiger partial charge in [-0.25, -0.2) is 4.39 Å². The Morgan fingerprint density at radius 1 is 1.04 bits per heavy atom. The number of benzene rings is 2. The molecule has 2 rings (SSSR count). The van der Waals surface area contributed by atoms with Gasteiger partial charge in [0.1, 0.15) is 11.6 Å². The number of fused-ring (bicyclic) bond motifs is 1. The number of esters is 2. The molecule has 0 saturated heterocycles. The van der Waals surface area contributed by atoms with E-state index < -0.39 is 17.8 Å². The van der Waals surface area contributed by atoms with Crippen LogP contribution in [-0.2, 0) is 16.0 Å². The SMILES string of the molecule is CCc1c(OC)c(OC(C)=O)c2c(F)cccc2c1OC(C)=O. The molecule has 0 aliphatic carbocycles. The number of methoxy groups -OCH3 is 1. The Balaban J connectivity index is 2.98. The van der Waals surface area contributed by atoms with Gasteiger partial charge in [-0.15, -0.1) is 0 Å². The zero-order valence-corrected chi connectivity index (χ0v) is 13.4. The molecule has 0 bridgehead atoms. The van der Waals surface area contributed by atoms with Crippen LogP contribution in [0.1, 0.15) is 26.3 Å². The number of carbonyl (C=O) groups excluding carboxylic acids is 2. The van der Waals surface area contributed by atoms with Gasteiger partial charge in [0.2, 0.25) is 0 Å². The third-order valence-corrected chi connectivity index (χ3v) is 3.29. The zero-order valence-electron chi connectivity index (χ0n) is 13.4. The largest absolute Gasteiger partial charge is 0.492 e. The molecule has 0 fully saturated rings. The number of carbonyl (C=O) groups is 2. The molecule has 5 nitrogen and oxygen atoms in total. The molecule has 0 atom stereocenters. The summed E-state index contributed by atoms with van der Waals surface area (Å²) in [5.41, 5.74) is 0.525. The molecular weight excluding hydrogens is 303 g/mol. The molecule has 0 aliphatic heterocycles. The predicted octanol–water partition coefficient (Wildman–Crippen LogP) is 3.40. The molecular formula is C17H17FO5. The van der Waals surface area contributed by atoms with Gasteiger partial charge >= 0.3 is 11.9 Å². The highest BCUT2D eigenvalue weighted by Crippen LogP contribution is 2.47. The van der Waals surface area contributed by atoms with Crippen molar-refractivity contribution < 1.29 is 28.2 Å². The Kier molecular flexibility index (Phi) is 4.83. The van der Waals surface area contributed by atoms with Gasteiger partial charge in [-0.2, -0.15) is 0 Å². The summed E-state index contributed by atoms with van der Waals surface area (Å²) in [6.45, 7) is 4.31. The number of hydrogen-bond donors (Lipinski definition) is 0. The third-order valence-electron chi connectivity index (χ3n) is 3.29. The van der Waals surface area contributed by atoms with Crippen LogP contribution >= 0.6 is 0 Å². The lowest BCUT2D eigenvalue weighted by molar-refractivity contribution is -0.133. The number of halogens is 1. The molecule has 0 saturated carbocycles. The lowest BCUT2D eigenvalue weighted by Gasteiger charge is -2.19. The molecule has 122 valence electrons. The van der Waals surface area contributed by atoms with E-state index in [1.165, 1.54) is 33.1 Å². The van der Waals surface area contributed by atoms with E-state index in [0.717, 1.165) is 0 Å². The molecule has 6 heteroatoms.